The predicted molar refractivity (Wildman–Crippen MR) is 168 cm³/mol. The number of carbonyl (C=O) groups is 3. The van der Waals surface area contributed by atoms with Gasteiger partial charge in [0.05, 0.1) is 17.1 Å². The number of nitrogens with zero attached hydrogens (tertiary/aromatic N) is 1. The van der Waals surface area contributed by atoms with Gasteiger partial charge in [0, 0.05) is 53.4 Å². The van der Waals surface area contributed by atoms with Crippen molar-refractivity contribution in [3.63, 3.8) is 0 Å². The summed E-state index contributed by atoms with van der Waals surface area (Å²) in [5, 5.41) is 9.58. The van der Waals surface area contributed by atoms with Crippen LogP contribution in [-0.2, 0) is 21.0 Å². The lowest BCUT2D eigenvalue weighted by molar-refractivity contribution is -0.137. The summed E-state index contributed by atoms with van der Waals surface area (Å²) < 4.78 is 26.8. The van der Waals surface area contributed by atoms with E-state index in [0.29, 0.717) is 57.5 Å². The number of carboxylic acids is 1. The van der Waals surface area contributed by atoms with E-state index in [2.05, 4.69) is 22.6 Å². The molecule has 1 aliphatic heterocycles. The number of hydrogen-bond donors (Lipinski definition) is 1. The quantitative estimate of drug-likeness (QED) is 0.292. The number of hydrogen-bond acceptors (Lipinski definition) is 6. The number of allylic oxidation sites excluding steroid dienone is 4. The summed E-state index contributed by atoms with van der Waals surface area (Å²) in [5.41, 5.74) is 3.27. The van der Waals surface area contributed by atoms with Crippen LogP contribution in [0.5, 0.6) is 11.5 Å². The predicted octanol–water partition coefficient (Wildman–Crippen LogP) is 7.18. The number of rotatable bonds is 8. The van der Waals surface area contributed by atoms with Crippen LogP contribution >= 0.6 is 22.6 Å². The number of aliphatic carboxylic acids is 1. The molecule has 228 valence electrons. The molecule has 0 saturated carbocycles. The van der Waals surface area contributed by atoms with E-state index in [1.807, 2.05) is 44.7 Å². The van der Waals surface area contributed by atoms with E-state index >= 15 is 0 Å². The van der Waals surface area contributed by atoms with Crippen LogP contribution in [0.25, 0.3) is 0 Å². The van der Waals surface area contributed by atoms with Gasteiger partial charge in [0.1, 0.15) is 12.4 Å². The van der Waals surface area contributed by atoms with Gasteiger partial charge in [0.15, 0.2) is 23.1 Å². The van der Waals surface area contributed by atoms with Gasteiger partial charge in [-0.15, -0.1) is 0 Å². The molecule has 2 aromatic rings. The molecule has 0 fully saturated rings. The Labute approximate surface area is 265 Å². The molecule has 0 amide bonds. The molecule has 1 N–H and O–H groups in total. The van der Waals surface area contributed by atoms with Crippen molar-refractivity contribution in [3.8, 4) is 11.5 Å². The van der Waals surface area contributed by atoms with Crippen molar-refractivity contribution in [2.24, 2.45) is 10.8 Å². The number of halogens is 2. The van der Waals surface area contributed by atoms with E-state index in [4.69, 9.17) is 9.47 Å². The summed E-state index contributed by atoms with van der Waals surface area (Å²) in [4.78, 5) is 41.6. The summed E-state index contributed by atoms with van der Waals surface area (Å²) in [5.74, 6) is -1.10. The molecule has 2 aliphatic carbocycles. The van der Waals surface area contributed by atoms with Crippen LogP contribution in [0.1, 0.15) is 76.8 Å². The van der Waals surface area contributed by atoms with Crippen LogP contribution in [0, 0.1) is 20.2 Å². The average Bonchev–Trinajstić information content (AvgIpc) is 2.89. The van der Waals surface area contributed by atoms with Crippen molar-refractivity contribution < 1.29 is 33.4 Å². The monoisotopic (exact) mass is 701 g/mol. The Balaban J connectivity index is 1.67. The van der Waals surface area contributed by atoms with Gasteiger partial charge in [-0.2, -0.15) is 0 Å². The molecule has 3 aliphatic rings. The van der Waals surface area contributed by atoms with Crippen molar-refractivity contribution in [2.75, 3.05) is 13.7 Å². The van der Waals surface area contributed by atoms with Gasteiger partial charge >= 0.3 is 5.97 Å². The molecule has 7 nitrogen and oxygen atoms in total. The summed E-state index contributed by atoms with van der Waals surface area (Å²) in [6.07, 6.45) is 1.73. The fraction of sp³-hybridized carbons (Fsp3) is 0.441. The van der Waals surface area contributed by atoms with Gasteiger partial charge in [-0.05, 0) is 70.0 Å². The normalized spacial score (nSPS) is 19.7. The number of methoxy groups -OCH3 is 1. The maximum absolute atomic E-state index is 14.3. The van der Waals surface area contributed by atoms with Crippen LogP contribution in [0.3, 0.4) is 0 Å². The first kappa shape index (κ1) is 31.2. The Kier molecular flexibility index (Phi) is 8.50. The van der Waals surface area contributed by atoms with Gasteiger partial charge in [-0.1, -0.05) is 45.9 Å². The SMILES string of the molecule is COc1cc(C2C3=C(CC(C)(C)CC3=O)N(CCC(=O)O)C3=C2C(=O)CC(C)(C)C3)cc(I)c1OCc1ccccc1F. The first-order valence-electron chi connectivity index (χ1n) is 14.5. The van der Waals surface area contributed by atoms with Crippen LogP contribution in [0.4, 0.5) is 4.39 Å². The van der Waals surface area contributed by atoms with Gasteiger partial charge in [0.25, 0.3) is 0 Å². The number of ether oxygens (including phenoxy) is 2. The average molecular weight is 702 g/mol. The van der Waals surface area contributed by atoms with Gasteiger partial charge in [0.2, 0.25) is 0 Å². The third-order valence-electron chi connectivity index (χ3n) is 8.49. The molecule has 0 atom stereocenters. The molecule has 5 rings (SSSR count). The molecule has 2 aromatic carbocycles. The highest BCUT2D eigenvalue weighted by Gasteiger charge is 2.49. The zero-order valence-corrected chi connectivity index (χ0v) is 27.3. The second-order valence-electron chi connectivity index (χ2n) is 13.2. The third-order valence-corrected chi connectivity index (χ3v) is 9.29. The largest absolute Gasteiger partial charge is 0.493 e. The van der Waals surface area contributed by atoms with Gasteiger partial charge in [-0.3, -0.25) is 14.4 Å². The maximum Gasteiger partial charge on any atom is 0.305 e. The smallest absolute Gasteiger partial charge is 0.305 e. The van der Waals surface area contributed by atoms with Crippen LogP contribution in [0.2, 0.25) is 0 Å². The van der Waals surface area contributed by atoms with Crippen LogP contribution < -0.4 is 9.47 Å². The van der Waals surface area contributed by atoms with E-state index in [1.54, 1.807) is 18.2 Å². The topological polar surface area (TPSA) is 93.1 Å². The highest BCUT2D eigenvalue weighted by Crippen LogP contribution is 2.55. The zero-order chi connectivity index (χ0) is 31.3. The number of Topliss-reactive ketones (excluding diaryl/α,β-unsaturated/α-hetero) is 2. The van der Waals surface area contributed by atoms with E-state index in [1.165, 1.54) is 13.2 Å². The first-order valence-corrected chi connectivity index (χ1v) is 15.5. The number of carbonyl (C=O) groups excluding carboxylic acids is 2. The molecule has 9 heteroatoms. The Morgan fingerprint density at radius 3 is 2.12 bits per heavy atom. The number of carboxylic acid groups (broad SMARTS) is 1. The Hall–Kier alpha value is -3.21. The highest BCUT2D eigenvalue weighted by atomic mass is 127. The maximum atomic E-state index is 14.3. The minimum Gasteiger partial charge on any atom is -0.493 e. The number of benzene rings is 2. The zero-order valence-electron chi connectivity index (χ0n) is 25.2. The van der Waals surface area contributed by atoms with E-state index in [0.717, 1.165) is 17.0 Å². The molecule has 1 heterocycles. The third kappa shape index (κ3) is 6.23. The second-order valence-corrected chi connectivity index (χ2v) is 14.4. The molecule has 0 spiro atoms. The summed E-state index contributed by atoms with van der Waals surface area (Å²) in [6, 6.07) is 10.1. The Bertz CT molecular complexity index is 1520. The van der Waals surface area contributed by atoms with Crippen molar-refractivity contribution >= 4 is 40.1 Å². The molecule has 0 bridgehead atoms. The molecule has 0 unspecified atom stereocenters. The van der Waals surface area contributed by atoms with Crippen LogP contribution in [-0.4, -0.2) is 41.2 Å². The minimum absolute atomic E-state index is 0.00604. The van der Waals surface area contributed by atoms with Crippen molar-refractivity contribution in [1.29, 1.82) is 0 Å². The van der Waals surface area contributed by atoms with Crippen molar-refractivity contribution in [3.05, 3.63) is 79.5 Å². The number of ketones is 2. The Morgan fingerprint density at radius 1 is 1.00 bits per heavy atom. The standard InChI is InChI=1S/C34H37FINO6/c1-33(2)14-23-30(25(38)16-33)29(31-24(37(23)11-10-28(40)41)15-34(3,4)17-26(31)39)20-12-22(36)32(27(13-20)42-5)43-18-19-8-6-7-9-21(19)35/h6-9,12-13,29H,10-11,14-18H2,1-5H3,(H,40,41). The van der Waals surface area contributed by atoms with Crippen molar-refractivity contribution in [1.82, 2.24) is 4.90 Å². The van der Waals surface area contributed by atoms with Crippen molar-refractivity contribution in [2.45, 2.75) is 72.3 Å². The molecule has 43 heavy (non-hydrogen) atoms. The lowest BCUT2D eigenvalue weighted by Gasteiger charge is -2.49. The molecule has 0 saturated heterocycles. The fourth-order valence-corrected chi connectivity index (χ4v) is 7.45. The molecular weight excluding hydrogens is 664 g/mol. The lowest BCUT2D eigenvalue weighted by atomic mass is 9.63. The minimum atomic E-state index is -0.931. The van der Waals surface area contributed by atoms with Gasteiger partial charge < -0.3 is 19.5 Å². The Morgan fingerprint density at radius 2 is 1.58 bits per heavy atom. The first-order chi connectivity index (χ1) is 20.2. The summed E-state index contributed by atoms with van der Waals surface area (Å²) in [7, 11) is 1.53. The van der Waals surface area contributed by atoms with E-state index in [-0.39, 0.29) is 47.8 Å². The van der Waals surface area contributed by atoms with Crippen LogP contribution in [0.15, 0.2) is 58.9 Å². The molecule has 0 radical (unpaired) electrons. The summed E-state index contributed by atoms with van der Waals surface area (Å²) in [6.45, 7) is 8.39. The lowest BCUT2D eigenvalue weighted by Crippen LogP contribution is -2.45. The van der Waals surface area contributed by atoms with E-state index in [9.17, 15) is 23.9 Å². The van der Waals surface area contributed by atoms with E-state index < -0.39 is 11.9 Å². The summed E-state index contributed by atoms with van der Waals surface area (Å²) >= 11 is 2.15. The van der Waals surface area contributed by atoms with Gasteiger partial charge in [-0.25, -0.2) is 4.39 Å². The highest BCUT2D eigenvalue weighted by molar-refractivity contribution is 14.1. The second kappa shape index (κ2) is 11.7. The fourth-order valence-electron chi connectivity index (χ4n) is 6.67. The molecule has 0 aromatic heterocycles. The molecular formula is C34H37FINO6.